The molecule has 0 spiro atoms. The number of methoxy groups -OCH3 is 1. The second-order valence-corrected chi connectivity index (χ2v) is 8.62. The molecule has 8 nitrogen and oxygen atoms in total. The summed E-state index contributed by atoms with van der Waals surface area (Å²) in [6.07, 6.45) is 0. The standard InChI is InChI=1S/C25H21N5O3S/c1-14-12-21(28-24(32)23(31)22-15(2)26-19-7-5-4-6-18(19)22)30(29-14)25-27-20(13-34-25)16-8-10-17(33-3)11-9-16/h4-13,26H,1-3H3,(H,28,32). The highest BCUT2D eigenvalue weighted by molar-refractivity contribution is 7.12. The maximum atomic E-state index is 13.1. The number of aryl methyl sites for hydroxylation is 2. The third kappa shape index (κ3) is 3.86. The van der Waals surface area contributed by atoms with Gasteiger partial charge in [0.05, 0.1) is 24.1 Å². The summed E-state index contributed by atoms with van der Waals surface area (Å²) in [5.41, 5.74) is 4.22. The molecule has 5 rings (SSSR count). The van der Waals surface area contributed by atoms with Crippen molar-refractivity contribution in [1.82, 2.24) is 19.7 Å². The highest BCUT2D eigenvalue weighted by Gasteiger charge is 2.24. The number of thiazole rings is 1. The van der Waals surface area contributed by atoms with E-state index in [2.05, 4.69) is 20.4 Å². The van der Waals surface area contributed by atoms with Crippen molar-refractivity contribution in [2.45, 2.75) is 13.8 Å². The van der Waals surface area contributed by atoms with E-state index < -0.39 is 11.7 Å². The number of H-pyrrole nitrogens is 1. The Morgan fingerprint density at radius 3 is 2.62 bits per heavy atom. The van der Waals surface area contributed by atoms with Crippen LogP contribution < -0.4 is 10.1 Å². The lowest BCUT2D eigenvalue weighted by molar-refractivity contribution is -0.112. The number of rotatable bonds is 6. The average molecular weight is 472 g/mol. The summed E-state index contributed by atoms with van der Waals surface area (Å²) in [4.78, 5) is 33.8. The molecule has 170 valence electrons. The zero-order valence-electron chi connectivity index (χ0n) is 18.7. The van der Waals surface area contributed by atoms with Crippen LogP contribution in [0.2, 0.25) is 0 Å². The lowest BCUT2D eigenvalue weighted by Gasteiger charge is -2.06. The van der Waals surface area contributed by atoms with Gasteiger partial charge in [-0.1, -0.05) is 18.2 Å². The molecule has 2 aromatic carbocycles. The molecule has 0 saturated carbocycles. The van der Waals surface area contributed by atoms with Gasteiger partial charge in [0.2, 0.25) is 5.13 Å². The van der Waals surface area contributed by atoms with Crippen molar-refractivity contribution in [3.63, 3.8) is 0 Å². The van der Waals surface area contributed by atoms with Crippen LogP contribution in [0, 0.1) is 13.8 Å². The van der Waals surface area contributed by atoms with E-state index >= 15 is 0 Å². The van der Waals surface area contributed by atoms with Crippen molar-refractivity contribution in [3.8, 4) is 22.1 Å². The summed E-state index contributed by atoms with van der Waals surface area (Å²) in [6.45, 7) is 3.60. The van der Waals surface area contributed by atoms with Gasteiger partial charge in [-0.2, -0.15) is 9.78 Å². The minimum Gasteiger partial charge on any atom is -0.497 e. The molecular formula is C25H21N5O3S. The first-order valence-electron chi connectivity index (χ1n) is 10.5. The molecule has 0 aliphatic heterocycles. The number of nitrogens with one attached hydrogen (secondary N) is 2. The first kappa shape index (κ1) is 21.6. The van der Waals surface area contributed by atoms with Crippen LogP contribution in [0.4, 0.5) is 5.82 Å². The van der Waals surface area contributed by atoms with Gasteiger partial charge in [-0.3, -0.25) is 9.59 Å². The molecule has 5 aromatic rings. The molecule has 0 aliphatic rings. The average Bonchev–Trinajstić information content (AvgIpc) is 3.55. The number of carbonyl (C=O) groups is 2. The molecule has 0 fully saturated rings. The van der Waals surface area contributed by atoms with Crippen LogP contribution in [0.15, 0.2) is 60.0 Å². The van der Waals surface area contributed by atoms with Crippen LogP contribution in [-0.2, 0) is 4.79 Å². The van der Waals surface area contributed by atoms with Crippen molar-refractivity contribution < 1.29 is 14.3 Å². The summed E-state index contributed by atoms with van der Waals surface area (Å²) < 4.78 is 6.75. The zero-order chi connectivity index (χ0) is 23.8. The molecular weight excluding hydrogens is 450 g/mol. The molecule has 0 unspecified atom stereocenters. The molecule has 3 aromatic heterocycles. The maximum absolute atomic E-state index is 13.1. The van der Waals surface area contributed by atoms with E-state index in [1.54, 1.807) is 24.8 Å². The Hall–Kier alpha value is -4.24. The van der Waals surface area contributed by atoms with Crippen molar-refractivity contribution in [3.05, 3.63) is 76.9 Å². The van der Waals surface area contributed by atoms with Crippen molar-refractivity contribution >= 4 is 39.7 Å². The van der Waals surface area contributed by atoms with Crippen molar-refractivity contribution in [1.29, 1.82) is 0 Å². The number of nitrogens with zero attached hydrogens (tertiary/aromatic N) is 3. The Morgan fingerprint density at radius 2 is 1.85 bits per heavy atom. The predicted molar refractivity (Wildman–Crippen MR) is 132 cm³/mol. The Balaban J connectivity index is 1.42. The largest absolute Gasteiger partial charge is 0.497 e. The van der Waals surface area contributed by atoms with E-state index in [4.69, 9.17) is 4.74 Å². The first-order chi connectivity index (χ1) is 16.4. The van der Waals surface area contributed by atoms with Crippen LogP contribution in [-0.4, -0.2) is 38.5 Å². The number of amides is 1. The van der Waals surface area contributed by atoms with Gasteiger partial charge in [-0.05, 0) is 44.2 Å². The van der Waals surface area contributed by atoms with Crippen LogP contribution in [0.5, 0.6) is 5.75 Å². The smallest absolute Gasteiger partial charge is 0.298 e. The molecule has 34 heavy (non-hydrogen) atoms. The first-order valence-corrected chi connectivity index (χ1v) is 11.4. The monoisotopic (exact) mass is 471 g/mol. The van der Waals surface area contributed by atoms with Crippen LogP contribution in [0.25, 0.3) is 27.3 Å². The summed E-state index contributed by atoms with van der Waals surface area (Å²) in [7, 11) is 1.62. The van der Waals surface area contributed by atoms with E-state index in [-0.39, 0.29) is 0 Å². The minimum absolute atomic E-state index is 0.368. The number of hydrogen-bond donors (Lipinski definition) is 2. The van der Waals surface area contributed by atoms with Gasteiger partial charge in [-0.25, -0.2) is 4.98 Å². The molecule has 0 aliphatic carbocycles. The van der Waals surface area contributed by atoms with Gasteiger partial charge in [0.15, 0.2) is 0 Å². The van der Waals surface area contributed by atoms with Gasteiger partial charge in [-0.15, -0.1) is 11.3 Å². The zero-order valence-corrected chi connectivity index (χ0v) is 19.6. The fourth-order valence-electron chi connectivity index (χ4n) is 3.85. The number of benzene rings is 2. The summed E-state index contributed by atoms with van der Waals surface area (Å²) in [5.74, 6) is -0.203. The highest BCUT2D eigenvalue weighted by atomic mass is 32.1. The number of ether oxygens (including phenoxy) is 1. The molecule has 0 atom stereocenters. The van der Waals surface area contributed by atoms with Crippen LogP contribution >= 0.6 is 11.3 Å². The minimum atomic E-state index is -0.735. The summed E-state index contributed by atoms with van der Waals surface area (Å²) >= 11 is 1.39. The number of hydrogen-bond acceptors (Lipinski definition) is 6. The molecule has 3 heterocycles. The number of para-hydroxylation sites is 1. The third-order valence-electron chi connectivity index (χ3n) is 5.46. The number of anilines is 1. The van der Waals surface area contributed by atoms with Crippen LogP contribution in [0.1, 0.15) is 21.7 Å². The number of carbonyl (C=O) groups excluding carboxylic acids is 2. The molecule has 0 saturated heterocycles. The van der Waals surface area contributed by atoms with Gasteiger partial charge in [0, 0.05) is 33.6 Å². The number of ketones is 1. The second-order valence-electron chi connectivity index (χ2n) is 7.78. The number of Topliss-reactive ketones (excluding diaryl/α,β-unsaturated/α-hetero) is 1. The summed E-state index contributed by atoms with van der Waals surface area (Å²) in [6, 6.07) is 16.7. The Labute approximate surface area is 199 Å². The maximum Gasteiger partial charge on any atom is 0.298 e. The van der Waals surface area contributed by atoms with E-state index in [1.165, 1.54) is 11.3 Å². The van der Waals surface area contributed by atoms with Gasteiger partial charge in [0.1, 0.15) is 11.6 Å². The van der Waals surface area contributed by atoms with Crippen molar-refractivity contribution in [2.24, 2.45) is 0 Å². The van der Waals surface area contributed by atoms with E-state index in [0.29, 0.717) is 33.3 Å². The Morgan fingerprint density at radius 1 is 1.09 bits per heavy atom. The van der Waals surface area contributed by atoms with Crippen LogP contribution in [0.3, 0.4) is 0 Å². The SMILES string of the molecule is COc1ccc(-c2csc(-n3nc(C)cc3NC(=O)C(=O)c3c(C)[nH]c4ccccc34)n2)cc1. The molecule has 0 bridgehead atoms. The van der Waals surface area contributed by atoms with E-state index in [1.807, 2.05) is 60.8 Å². The van der Waals surface area contributed by atoms with Crippen molar-refractivity contribution in [2.75, 3.05) is 12.4 Å². The van der Waals surface area contributed by atoms with Gasteiger partial charge >= 0.3 is 0 Å². The number of aromatic nitrogens is 4. The molecule has 2 N–H and O–H groups in total. The predicted octanol–water partition coefficient (Wildman–Crippen LogP) is 4.92. The molecule has 0 radical (unpaired) electrons. The van der Waals surface area contributed by atoms with Gasteiger partial charge in [0.25, 0.3) is 11.7 Å². The second kappa shape index (κ2) is 8.60. The quantitative estimate of drug-likeness (QED) is 0.270. The number of fused-ring (bicyclic) bond motifs is 1. The normalized spacial score (nSPS) is 11.0. The topological polar surface area (TPSA) is 102 Å². The van der Waals surface area contributed by atoms with E-state index in [0.717, 1.165) is 22.5 Å². The summed E-state index contributed by atoms with van der Waals surface area (Å²) in [5, 5.41) is 10.4. The fraction of sp³-hybridized carbons (Fsp3) is 0.120. The Kier molecular flexibility index (Phi) is 5.46. The highest BCUT2D eigenvalue weighted by Crippen LogP contribution is 2.28. The van der Waals surface area contributed by atoms with E-state index in [9.17, 15) is 9.59 Å². The number of aromatic amines is 1. The lowest BCUT2D eigenvalue weighted by Crippen LogP contribution is -2.24. The molecule has 1 amide bonds. The third-order valence-corrected chi connectivity index (χ3v) is 6.28. The Bertz CT molecular complexity index is 1530. The molecule has 9 heteroatoms. The fourth-order valence-corrected chi connectivity index (χ4v) is 4.64. The lowest BCUT2D eigenvalue weighted by atomic mass is 10.1. The van der Waals surface area contributed by atoms with Gasteiger partial charge < -0.3 is 15.0 Å².